The van der Waals surface area contributed by atoms with E-state index in [0.717, 1.165) is 24.2 Å². The highest BCUT2D eigenvalue weighted by molar-refractivity contribution is 6.30. The topological polar surface area (TPSA) is 78.9 Å². The lowest BCUT2D eigenvalue weighted by molar-refractivity contribution is 0.0595. The number of amides is 2. The summed E-state index contributed by atoms with van der Waals surface area (Å²) in [5.41, 5.74) is 1.65. The number of benzene rings is 3. The Kier molecular flexibility index (Phi) is 7.83. The molecule has 3 aromatic carbocycles. The second-order valence-corrected chi connectivity index (χ2v) is 8.70. The standard InChI is InChI=1S/C27H27ClN2O4/c28-22-9-11-23(12-10-22)34-24-13-15-30(16-14-24)27(33)21-8-4-7-20(17-21)26(32)29-25(18-31)19-5-2-1-3-6-19/h1-12,17,24-25,31H,13-16,18H2,(H,29,32)/t25-/m1/s1. The second kappa shape index (κ2) is 11.2. The number of nitrogens with zero attached hydrogens (tertiary/aromatic N) is 1. The second-order valence-electron chi connectivity index (χ2n) is 8.26. The first-order chi connectivity index (χ1) is 16.5. The number of carbonyl (C=O) groups is 2. The summed E-state index contributed by atoms with van der Waals surface area (Å²) < 4.78 is 6.01. The van der Waals surface area contributed by atoms with Gasteiger partial charge in [-0.2, -0.15) is 0 Å². The van der Waals surface area contributed by atoms with Crippen molar-refractivity contribution in [2.24, 2.45) is 0 Å². The van der Waals surface area contributed by atoms with Gasteiger partial charge >= 0.3 is 0 Å². The number of halogens is 1. The minimum absolute atomic E-state index is 0.0377. The SMILES string of the molecule is O=C(N[C@H](CO)c1ccccc1)c1cccc(C(=O)N2CCC(Oc3ccc(Cl)cc3)CC2)c1. The lowest BCUT2D eigenvalue weighted by Crippen LogP contribution is -2.41. The fourth-order valence-electron chi connectivity index (χ4n) is 4.02. The molecule has 2 N–H and O–H groups in total. The minimum Gasteiger partial charge on any atom is -0.490 e. The van der Waals surface area contributed by atoms with Crippen LogP contribution in [0.1, 0.15) is 45.2 Å². The molecule has 0 bridgehead atoms. The molecule has 0 unspecified atom stereocenters. The predicted octanol–water partition coefficient (Wildman–Crippen LogP) is 4.49. The van der Waals surface area contributed by atoms with Crippen LogP contribution in [0.2, 0.25) is 5.02 Å². The molecule has 7 heteroatoms. The highest BCUT2D eigenvalue weighted by atomic mass is 35.5. The van der Waals surface area contributed by atoms with Gasteiger partial charge in [-0.25, -0.2) is 0 Å². The van der Waals surface area contributed by atoms with E-state index in [0.29, 0.717) is 29.2 Å². The molecule has 1 heterocycles. The van der Waals surface area contributed by atoms with E-state index < -0.39 is 6.04 Å². The zero-order valence-electron chi connectivity index (χ0n) is 18.7. The Hall–Kier alpha value is -3.35. The van der Waals surface area contributed by atoms with Crippen LogP contribution in [-0.4, -0.2) is 47.6 Å². The predicted molar refractivity (Wildman–Crippen MR) is 131 cm³/mol. The van der Waals surface area contributed by atoms with Crippen molar-refractivity contribution >= 4 is 23.4 Å². The van der Waals surface area contributed by atoms with Crippen molar-refractivity contribution in [3.05, 3.63) is 101 Å². The molecule has 34 heavy (non-hydrogen) atoms. The summed E-state index contributed by atoms with van der Waals surface area (Å²) in [6.45, 7) is 0.934. The quantitative estimate of drug-likeness (QED) is 0.524. The molecule has 1 atom stereocenters. The van der Waals surface area contributed by atoms with Crippen molar-refractivity contribution in [3.63, 3.8) is 0 Å². The Morgan fingerprint density at radius 1 is 0.971 bits per heavy atom. The summed E-state index contributed by atoms with van der Waals surface area (Å²) in [5.74, 6) is 0.318. The lowest BCUT2D eigenvalue weighted by atomic mass is 10.0. The molecular formula is C27H27ClN2O4. The Labute approximate surface area is 204 Å². The third kappa shape index (κ3) is 5.95. The number of hydrogen-bond acceptors (Lipinski definition) is 4. The molecule has 1 aliphatic rings. The highest BCUT2D eigenvalue weighted by Gasteiger charge is 2.25. The van der Waals surface area contributed by atoms with Gasteiger partial charge in [-0.15, -0.1) is 0 Å². The van der Waals surface area contributed by atoms with E-state index in [4.69, 9.17) is 16.3 Å². The third-order valence-corrected chi connectivity index (χ3v) is 6.16. The van der Waals surface area contributed by atoms with Crippen molar-refractivity contribution in [3.8, 4) is 5.75 Å². The lowest BCUT2D eigenvalue weighted by Gasteiger charge is -2.32. The molecule has 6 nitrogen and oxygen atoms in total. The van der Waals surface area contributed by atoms with Crippen LogP contribution in [0.3, 0.4) is 0 Å². The maximum atomic E-state index is 13.1. The summed E-state index contributed by atoms with van der Waals surface area (Å²) in [6, 6.07) is 22.7. The van der Waals surface area contributed by atoms with Gasteiger partial charge in [0.25, 0.3) is 11.8 Å². The average molecular weight is 479 g/mol. The van der Waals surface area contributed by atoms with E-state index >= 15 is 0 Å². The normalized spacial score (nSPS) is 14.9. The number of hydrogen-bond donors (Lipinski definition) is 2. The maximum Gasteiger partial charge on any atom is 0.253 e. The third-order valence-electron chi connectivity index (χ3n) is 5.91. The van der Waals surface area contributed by atoms with Crippen LogP contribution in [-0.2, 0) is 0 Å². The summed E-state index contributed by atoms with van der Waals surface area (Å²) in [7, 11) is 0. The van der Waals surface area contributed by atoms with Crippen LogP contribution in [0.5, 0.6) is 5.75 Å². The van der Waals surface area contributed by atoms with Gasteiger partial charge in [-0.1, -0.05) is 48.0 Å². The molecule has 1 fully saturated rings. The van der Waals surface area contributed by atoms with E-state index in [1.54, 1.807) is 41.3 Å². The molecule has 0 aliphatic carbocycles. The van der Waals surface area contributed by atoms with Crippen LogP contribution in [0.25, 0.3) is 0 Å². The molecule has 176 valence electrons. The largest absolute Gasteiger partial charge is 0.490 e. The first kappa shape index (κ1) is 23.8. The van der Waals surface area contributed by atoms with Gasteiger partial charge < -0.3 is 20.1 Å². The molecule has 0 saturated carbocycles. The molecule has 1 aliphatic heterocycles. The molecule has 4 rings (SSSR count). The Bertz CT molecular complexity index is 1110. The van der Waals surface area contributed by atoms with Crippen molar-refractivity contribution in [1.82, 2.24) is 10.2 Å². The van der Waals surface area contributed by atoms with Gasteiger partial charge in [0, 0.05) is 42.1 Å². The first-order valence-corrected chi connectivity index (χ1v) is 11.7. The summed E-state index contributed by atoms with van der Waals surface area (Å²) in [4.78, 5) is 27.7. The number of aliphatic hydroxyl groups excluding tert-OH is 1. The van der Waals surface area contributed by atoms with Crippen molar-refractivity contribution < 1.29 is 19.4 Å². The number of aliphatic hydroxyl groups is 1. The summed E-state index contributed by atoms with van der Waals surface area (Å²) >= 11 is 5.92. The van der Waals surface area contributed by atoms with Gasteiger partial charge in [-0.05, 0) is 48.0 Å². The van der Waals surface area contributed by atoms with E-state index in [1.807, 2.05) is 42.5 Å². The van der Waals surface area contributed by atoms with Crippen LogP contribution >= 0.6 is 11.6 Å². The van der Waals surface area contributed by atoms with Gasteiger partial charge in [0.1, 0.15) is 11.9 Å². The van der Waals surface area contributed by atoms with Crippen LogP contribution in [0, 0.1) is 0 Å². The van der Waals surface area contributed by atoms with E-state index in [-0.39, 0.29) is 24.5 Å². The molecular weight excluding hydrogens is 452 g/mol. The molecule has 0 spiro atoms. The minimum atomic E-state index is -0.521. The first-order valence-electron chi connectivity index (χ1n) is 11.3. The number of likely N-dealkylation sites (tertiary alicyclic amines) is 1. The smallest absolute Gasteiger partial charge is 0.253 e. The number of nitrogens with one attached hydrogen (secondary N) is 1. The van der Waals surface area contributed by atoms with Crippen LogP contribution in [0.4, 0.5) is 0 Å². The van der Waals surface area contributed by atoms with Crippen molar-refractivity contribution in [2.45, 2.75) is 25.0 Å². The average Bonchev–Trinajstić information content (AvgIpc) is 2.89. The van der Waals surface area contributed by atoms with Crippen LogP contribution < -0.4 is 10.1 Å². The van der Waals surface area contributed by atoms with Crippen molar-refractivity contribution in [2.75, 3.05) is 19.7 Å². The van der Waals surface area contributed by atoms with Gasteiger partial charge in [0.15, 0.2) is 0 Å². The van der Waals surface area contributed by atoms with E-state index in [9.17, 15) is 14.7 Å². The summed E-state index contributed by atoms with van der Waals surface area (Å²) in [5, 5.41) is 13.2. The molecule has 0 radical (unpaired) electrons. The highest BCUT2D eigenvalue weighted by Crippen LogP contribution is 2.22. The molecule has 1 saturated heterocycles. The van der Waals surface area contributed by atoms with Gasteiger partial charge in [0.2, 0.25) is 0 Å². The van der Waals surface area contributed by atoms with Gasteiger partial charge in [-0.3, -0.25) is 9.59 Å². The summed E-state index contributed by atoms with van der Waals surface area (Å²) in [6.07, 6.45) is 1.49. The number of rotatable bonds is 7. The fraction of sp³-hybridized carbons (Fsp3) is 0.259. The van der Waals surface area contributed by atoms with Crippen LogP contribution in [0.15, 0.2) is 78.9 Å². The zero-order chi connectivity index (χ0) is 23.9. The number of piperidine rings is 1. The maximum absolute atomic E-state index is 13.1. The van der Waals surface area contributed by atoms with Gasteiger partial charge in [0.05, 0.1) is 12.6 Å². The van der Waals surface area contributed by atoms with Crippen molar-refractivity contribution in [1.29, 1.82) is 0 Å². The Morgan fingerprint density at radius 2 is 1.65 bits per heavy atom. The molecule has 2 amide bonds. The number of carbonyl (C=O) groups excluding carboxylic acids is 2. The number of ether oxygens (including phenoxy) is 1. The molecule has 3 aromatic rings. The fourth-order valence-corrected chi connectivity index (χ4v) is 4.15. The Balaban J connectivity index is 1.35. The zero-order valence-corrected chi connectivity index (χ0v) is 19.4. The van der Waals surface area contributed by atoms with E-state index in [1.165, 1.54) is 0 Å². The molecule has 0 aromatic heterocycles. The van der Waals surface area contributed by atoms with E-state index in [2.05, 4.69) is 5.32 Å². The Morgan fingerprint density at radius 3 is 2.32 bits per heavy atom. The monoisotopic (exact) mass is 478 g/mol.